The van der Waals surface area contributed by atoms with Crippen molar-refractivity contribution >= 4 is 5.82 Å². The number of phenols is 1. The van der Waals surface area contributed by atoms with Gasteiger partial charge in [-0.1, -0.05) is 12.1 Å². The Morgan fingerprint density at radius 2 is 1.81 bits per heavy atom. The molecule has 1 atom stereocenters. The number of pyridine rings is 1. The Labute approximate surface area is 154 Å². The van der Waals surface area contributed by atoms with Crippen LogP contribution in [0.25, 0.3) is 22.4 Å². The molecule has 3 rings (SSSR count). The molecule has 4 N–H and O–H groups in total. The largest absolute Gasteiger partial charge is 0.508 e. The lowest BCUT2D eigenvalue weighted by atomic mass is 10.0. The molecule has 0 bridgehead atoms. The molecular weight excluding hydrogens is 354 g/mol. The van der Waals surface area contributed by atoms with Crippen molar-refractivity contribution < 1.29 is 24.1 Å². The fraction of sp³-hybridized carbons (Fsp3) is 0.150. The molecule has 0 aliphatic carbocycles. The third-order valence-corrected chi connectivity index (χ3v) is 3.94. The summed E-state index contributed by atoms with van der Waals surface area (Å²) in [6.45, 7) is -0.400. The smallest absolute Gasteiger partial charge is 0.131 e. The van der Waals surface area contributed by atoms with Crippen LogP contribution in [0, 0.1) is 11.6 Å². The molecule has 7 heteroatoms. The number of benzene rings is 2. The first-order valence-corrected chi connectivity index (χ1v) is 8.26. The van der Waals surface area contributed by atoms with Crippen molar-refractivity contribution in [2.45, 2.75) is 6.10 Å². The number of rotatable bonds is 6. The molecule has 1 unspecified atom stereocenters. The average molecular weight is 372 g/mol. The van der Waals surface area contributed by atoms with Gasteiger partial charge in [-0.2, -0.15) is 0 Å². The summed E-state index contributed by atoms with van der Waals surface area (Å²) in [7, 11) is 0. The summed E-state index contributed by atoms with van der Waals surface area (Å²) in [5, 5.41) is 31.0. The molecular formula is C20H18F2N2O3. The lowest BCUT2D eigenvalue weighted by molar-refractivity contribution is 0.105. The summed E-state index contributed by atoms with van der Waals surface area (Å²) in [6, 6.07) is 12.6. The zero-order chi connectivity index (χ0) is 19.4. The van der Waals surface area contributed by atoms with Gasteiger partial charge in [0.05, 0.1) is 18.4 Å². The zero-order valence-corrected chi connectivity index (χ0v) is 14.2. The van der Waals surface area contributed by atoms with Gasteiger partial charge in [0.1, 0.15) is 23.2 Å². The second kappa shape index (κ2) is 8.11. The Kier molecular flexibility index (Phi) is 5.63. The molecule has 0 fully saturated rings. The van der Waals surface area contributed by atoms with Crippen LogP contribution in [0.2, 0.25) is 0 Å². The van der Waals surface area contributed by atoms with E-state index in [1.165, 1.54) is 18.2 Å². The lowest BCUT2D eigenvalue weighted by Gasteiger charge is -2.14. The number of nitrogens with one attached hydrogen (secondary N) is 1. The van der Waals surface area contributed by atoms with E-state index in [4.69, 9.17) is 5.11 Å². The van der Waals surface area contributed by atoms with Crippen molar-refractivity contribution in [2.24, 2.45) is 0 Å². The van der Waals surface area contributed by atoms with Crippen LogP contribution in [0.5, 0.6) is 5.75 Å². The maximum absolute atomic E-state index is 14.2. The second-order valence-corrected chi connectivity index (χ2v) is 6.02. The standard InChI is InChI=1S/C20H18F2N2O3/c21-14-4-5-18(22)17(9-14)13-7-19(12-2-1-3-15(26)6-12)24-20(8-13)23-10-16(27)11-25/h1-9,16,25-27H,10-11H2,(H,23,24). The van der Waals surface area contributed by atoms with Crippen molar-refractivity contribution in [2.75, 3.05) is 18.5 Å². The van der Waals surface area contributed by atoms with E-state index >= 15 is 0 Å². The predicted molar refractivity (Wildman–Crippen MR) is 98.3 cm³/mol. The fourth-order valence-corrected chi connectivity index (χ4v) is 2.60. The molecule has 0 amide bonds. The van der Waals surface area contributed by atoms with E-state index < -0.39 is 24.3 Å². The first kappa shape index (κ1) is 18.8. The third kappa shape index (κ3) is 4.58. The summed E-state index contributed by atoms with van der Waals surface area (Å²) in [4.78, 5) is 4.40. The molecule has 5 nitrogen and oxygen atoms in total. The van der Waals surface area contributed by atoms with Gasteiger partial charge >= 0.3 is 0 Å². The third-order valence-electron chi connectivity index (χ3n) is 3.94. The fourth-order valence-electron chi connectivity index (χ4n) is 2.60. The van der Waals surface area contributed by atoms with E-state index in [9.17, 15) is 19.0 Å². The molecule has 0 aliphatic rings. The van der Waals surface area contributed by atoms with Crippen molar-refractivity contribution in [3.63, 3.8) is 0 Å². The van der Waals surface area contributed by atoms with Crippen molar-refractivity contribution in [1.82, 2.24) is 4.98 Å². The molecule has 3 aromatic rings. The van der Waals surface area contributed by atoms with E-state index in [1.54, 1.807) is 18.2 Å². The van der Waals surface area contributed by atoms with Crippen LogP contribution >= 0.6 is 0 Å². The number of aliphatic hydroxyl groups excluding tert-OH is 2. The molecule has 0 saturated heterocycles. The minimum Gasteiger partial charge on any atom is -0.508 e. The summed E-state index contributed by atoms with van der Waals surface area (Å²) in [5.74, 6) is -0.818. The van der Waals surface area contributed by atoms with Crippen LogP contribution in [0.3, 0.4) is 0 Å². The summed E-state index contributed by atoms with van der Waals surface area (Å²) < 4.78 is 27.9. The van der Waals surface area contributed by atoms with E-state index in [0.29, 0.717) is 22.6 Å². The number of aliphatic hydroxyl groups is 2. The van der Waals surface area contributed by atoms with Crippen molar-refractivity contribution in [1.29, 1.82) is 0 Å². The first-order valence-electron chi connectivity index (χ1n) is 8.26. The van der Waals surface area contributed by atoms with Gasteiger partial charge in [-0.3, -0.25) is 0 Å². The van der Waals surface area contributed by atoms with E-state index in [1.807, 2.05) is 0 Å². The van der Waals surface area contributed by atoms with Crippen LogP contribution in [-0.2, 0) is 0 Å². The van der Waals surface area contributed by atoms with Crippen LogP contribution < -0.4 is 5.32 Å². The summed E-state index contributed by atoms with van der Waals surface area (Å²) in [5.41, 5.74) is 1.44. The molecule has 0 saturated carbocycles. The number of anilines is 1. The maximum Gasteiger partial charge on any atom is 0.131 e. The highest BCUT2D eigenvalue weighted by Crippen LogP contribution is 2.31. The monoisotopic (exact) mass is 372 g/mol. The minimum absolute atomic E-state index is 0.0259. The Bertz CT molecular complexity index is 950. The van der Waals surface area contributed by atoms with Crippen LogP contribution in [0.1, 0.15) is 0 Å². The van der Waals surface area contributed by atoms with Crippen molar-refractivity contribution in [3.8, 4) is 28.1 Å². The molecule has 0 aliphatic heterocycles. The molecule has 27 heavy (non-hydrogen) atoms. The first-order chi connectivity index (χ1) is 13.0. The Balaban J connectivity index is 2.09. The molecule has 1 aromatic heterocycles. The van der Waals surface area contributed by atoms with Crippen LogP contribution in [0.15, 0.2) is 54.6 Å². The number of hydrogen-bond donors (Lipinski definition) is 4. The van der Waals surface area contributed by atoms with Gasteiger partial charge in [0.2, 0.25) is 0 Å². The van der Waals surface area contributed by atoms with Gasteiger partial charge in [0.15, 0.2) is 0 Å². The Morgan fingerprint density at radius 1 is 1.00 bits per heavy atom. The number of halogens is 2. The lowest BCUT2D eigenvalue weighted by Crippen LogP contribution is -2.23. The maximum atomic E-state index is 14.2. The quantitative estimate of drug-likeness (QED) is 0.534. The minimum atomic E-state index is -0.995. The zero-order valence-electron chi connectivity index (χ0n) is 14.2. The van der Waals surface area contributed by atoms with Crippen molar-refractivity contribution in [3.05, 3.63) is 66.2 Å². The van der Waals surface area contributed by atoms with Crippen LogP contribution in [-0.4, -0.2) is 39.6 Å². The second-order valence-electron chi connectivity index (χ2n) is 6.02. The van der Waals surface area contributed by atoms with Gasteiger partial charge in [0.25, 0.3) is 0 Å². The Morgan fingerprint density at radius 3 is 2.56 bits per heavy atom. The van der Waals surface area contributed by atoms with Gasteiger partial charge in [-0.25, -0.2) is 13.8 Å². The molecule has 140 valence electrons. The highest BCUT2D eigenvalue weighted by Gasteiger charge is 2.12. The van der Waals surface area contributed by atoms with E-state index in [2.05, 4.69) is 10.3 Å². The number of nitrogens with zero attached hydrogens (tertiary/aromatic N) is 1. The molecule has 0 radical (unpaired) electrons. The van der Waals surface area contributed by atoms with Crippen LogP contribution in [0.4, 0.5) is 14.6 Å². The van der Waals surface area contributed by atoms with Gasteiger partial charge < -0.3 is 20.6 Å². The molecule has 0 spiro atoms. The van der Waals surface area contributed by atoms with Gasteiger partial charge in [-0.05, 0) is 48.0 Å². The summed E-state index contributed by atoms with van der Waals surface area (Å²) in [6.07, 6.45) is -0.995. The SMILES string of the molecule is OCC(O)CNc1cc(-c2cc(F)ccc2F)cc(-c2cccc(O)c2)n1. The molecule has 2 aromatic carbocycles. The normalized spacial score (nSPS) is 12.0. The van der Waals surface area contributed by atoms with Gasteiger partial charge in [0, 0.05) is 17.7 Å². The summed E-state index contributed by atoms with van der Waals surface area (Å²) >= 11 is 0. The number of aromatic hydroxyl groups is 1. The molecule has 1 heterocycles. The van der Waals surface area contributed by atoms with E-state index in [-0.39, 0.29) is 17.9 Å². The highest BCUT2D eigenvalue weighted by atomic mass is 19.1. The topological polar surface area (TPSA) is 85.6 Å². The predicted octanol–water partition coefficient (Wildman–Crippen LogP) is 3.16. The highest BCUT2D eigenvalue weighted by molar-refractivity contribution is 5.74. The Hall–Kier alpha value is -3.03. The number of aromatic nitrogens is 1. The number of phenolic OH excluding ortho intramolecular Hbond substituents is 1. The number of hydrogen-bond acceptors (Lipinski definition) is 5. The average Bonchev–Trinajstić information content (AvgIpc) is 2.67. The van der Waals surface area contributed by atoms with Gasteiger partial charge in [-0.15, -0.1) is 0 Å². The van der Waals surface area contributed by atoms with E-state index in [0.717, 1.165) is 18.2 Å².